The van der Waals surface area contributed by atoms with Crippen molar-refractivity contribution in [3.63, 3.8) is 0 Å². The van der Waals surface area contributed by atoms with Crippen molar-refractivity contribution in [2.45, 2.75) is 0 Å². The van der Waals surface area contributed by atoms with Crippen molar-refractivity contribution in [3.05, 3.63) is 0 Å². The van der Waals surface area contributed by atoms with Gasteiger partial charge in [0.1, 0.15) is 0 Å². The van der Waals surface area contributed by atoms with Crippen LogP contribution in [0.3, 0.4) is 0 Å². The molecular weight excluding hydrogens is 297 g/mol. The molecule has 0 aliphatic heterocycles. The van der Waals surface area contributed by atoms with Crippen LogP contribution in [0, 0.1) is 0 Å². The summed E-state index contributed by atoms with van der Waals surface area (Å²) >= 11 is 7.69. The summed E-state index contributed by atoms with van der Waals surface area (Å²) in [6, 6.07) is 0. The fraction of sp³-hybridized carbons (Fsp3) is 1.00. The van der Waals surface area contributed by atoms with Gasteiger partial charge < -0.3 is 0 Å². The first-order chi connectivity index (χ1) is 1.91. The van der Waals surface area contributed by atoms with E-state index in [0.29, 0.717) is 0 Å². The third-order valence-corrected chi connectivity index (χ3v) is 0.900. The first kappa shape index (κ1) is 9.77. The Balaban J connectivity index is 0. The molecule has 0 atom stereocenters. The van der Waals surface area contributed by atoms with Gasteiger partial charge in [-0.25, -0.2) is 0 Å². The van der Waals surface area contributed by atoms with Gasteiger partial charge in [-0.1, -0.05) is 0 Å². The van der Waals surface area contributed by atoms with Crippen LogP contribution >= 0.6 is 25.3 Å². The molecule has 0 N–H and O–H groups in total. The van der Waals surface area contributed by atoms with Crippen LogP contribution in [0.2, 0.25) is 0 Å². The van der Waals surface area contributed by atoms with Crippen molar-refractivity contribution >= 4 is 51.5 Å². The average Bonchev–Trinajstić information content (AvgIpc) is 1.37. The van der Waals surface area contributed by atoms with Gasteiger partial charge in [-0.2, -0.15) is 25.3 Å². The van der Waals surface area contributed by atoms with E-state index in [4.69, 9.17) is 0 Å². The van der Waals surface area contributed by atoms with Crippen LogP contribution in [-0.2, 0) is 0 Å². The molecule has 0 aromatic heterocycles. The molecule has 0 amide bonds. The Labute approximate surface area is 62.7 Å². The third kappa shape index (κ3) is 10.7. The quantitative estimate of drug-likeness (QED) is 0.481. The van der Waals surface area contributed by atoms with Crippen LogP contribution in [-0.4, -0.2) is 37.7 Å². The summed E-state index contributed by atoms with van der Waals surface area (Å²) in [7, 11) is 0. The van der Waals surface area contributed by atoms with Gasteiger partial charge in [0.25, 0.3) is 0 Å². The zero-order valence-corrected chi connectivity index (χ0v) is 10.3. The molecule has 0 nitrogen and oxygen atoms in total. The van der Waals surface area contributed by atoms with E-state index < -0.39 is 0 Å². The standard InChI is InChI=1S/C2H6S2.Bi.3H/c3-1-2-4;;;;/h3-4H,1-2H2;;;;. The summed E-state index contributed by atoms with van der Waals surface area (Å²) < 4.78 is 0. The van der Waals surface area contributed by atoms with Gasteiger partial charge in [0.15, 0.2) is 0 Å². The van der Waals surface area contributed by atoms with E-state index >= 15 is 0 Å². The molecule has 0 rings (SSSR count). The first-order valence-electron chi connectivity index (χ1n) is 1.13. The number of rotatable bonds is 1. The predicted octanol–water partition coefficient (Wildman–Crippen LogP) is -0.338. The summed E-state index contributed by atoms with van der Waals surface area (Å²) in [5, 5.41) is 0. The molecule has 0 aliphatic carbocycles. The zero-order chi connectivity index (χ0) is 3.41. The number of hydrogen-bond acceptors (Lipinski definition) is 2. The third-order valence-electron chi connectivity index (χ3n) is 0.1000. The van der Waals surface area contributed by atoms with Gasteiger partial charge in [0.2, 0.25) is 0 Å². The van der Waals surface area contributed by atoms with Crippen molar-refractivity contribution in [1.29, 1.82) is 0 Å². The maximum atomic E-state index is 3.84. The van der Waals surface area contributed by atoms with E-state index in [0.717, 1.165) is 11.5 Å². The second-order valence-electron chi connectivity index (χ2n) is 0.447. The molecule has 0 unspecified atom stereocenters. The molecule has 0 spiro atoms. The fourth-order valence-corrected chi connectivity index (χ4v) is 0. The molecule has 34 valence electrons. The van der Waals surface area contributed by atoms with Gasteiger partial charge in [-0.15, -0.1) is 0 Å². The monoisotopic (exact) mass is 306 g/mol. The first-order valence-corrected chi connectivity index (χ1v) is 2.40. The predicted molar refractivity (Wildman–Crippen MR) is 37.6 cm³/mol. The van der Waals surface area contributed by atoms with Crippen molar-refractivity contribution in [1.82, 2.24) is 0 Å². The molecular formula is C2H9BiS2. The number of thiol groups is 2. The average molecular weight is 306 g/mol. The van der Waals surface area contributed by atoms with E-state index in [1.165, 1.54) is 0 Å². The molecule has 0 aromatic rings. The Morgan fingerprint density at radius 2 is 1.20 bits per heavy atom. The Kier molecular flexibility index (Phi) is 17.8. The van der Waals surface area contributed by atoms with Crippen molar-refractivity contribution in [3.8, 4) is 0 Å². The molecule has 5 heavy (non-hydrogen) atoms. The topological polar surface area (TPSA) is 0 Å². The Hall–Kier alpha value is 1.58. The molecule has 0 fully saturated rings. The molecule has 0 aliphatic rings. The van der Waals surface area contributed by atoms with Gasteiger partial charge in [-0.05, 0) is 11.5 Å². The van der Waals surface area contributed by atoms with Gasteiger partial charge in [-0.3, -0.25) is 0 Å². The zero-order valence-electron chi connectivity index (χ0n) is 3.02. The molecule has 0 saturated carbocycles. The summed E-state index contributed by atoms with van der Waals surface area (Å²) in [6.45, 7) is 0. The second-order valence-corrected chi connectivity index (χ2v) is 1.34. The Bertz CT molecular complexity index is 9.61. The number of hydrogen-bond donors (Lipinski definition) is 2. The van der Waals surface area contributed by atoms with E-state index in [1.54, 1.807) is 0 Å². The summed E-state index contributed by atoms with van der Waals surface area (Å²) in [5.41, 5.74) is 0. The van der Waals surface area contributed by atoms with Crippen LogP contribution in [0.1, 0.15) is 0 Å². The van der Waals surface area contributed by atoms with Gasteiger partial charge in [0.05, 0.1) is 0 Å². The van der Waals surface area contributed by atoms with Crippen molar-refractivity contribution in [2.75, 3.05) is 11.5 Å². The molecule has 0 saturated heterocycles. The fourth-order valence-electron chi connectivity index (χ4n) is 0. The molecule has 3 heteroatoms. The summed E-state index contributed by atoms with van der Waals surface area (Å²) in [5.74, 6) is 1.76. The van der Waals surface area contributed by atoms with E-state index in [-0.39, 0.29) is 26.2 Å². The molecule has 0 heterocycles. The second kappa shape index (κ2) is 9.13. The minimum atomic E-state index is 0. The van der Waals surface area contributed by atoms with Crippen molar-refractivity contribution < 1.29 is 0 Å². The molecule has 0 aromatic carbocycles. The van der Waals surface area contributed by atoms with Crippen LogP contribution in [0.15, 0.2) is 0 Å². The minimum absolute atomic E-state index is 0. The SMILES string of the molecule is SCCS.[BiH3]. The van der Waals surface area contributed by atoms with Crippen LogP contribution in [0.5, 0.6) is 0 Å². The molecule has 0 bridgehead atoms. The van der Waals surface area contributed by atoms with Crippen molar-refractivity contribution in [2.24, 2.45) is 0 Å². The van der Waals surface area contributed by atoms with Crippen LogP contribution < -0.4 is 0 Å². The normalized spacial score (nSPS) is 6.00. The van der Waals surface area contributed by atoms with E-state index in [2.05, 4.69) is 25.3 Å². The van der Waals surface area contributed by atoms with E-state index in [9.17, 15) is 0 Å². The van der Waals surface area contributed by atoms with Gasteiger partial charge >= 0.3 is 26.2 Å². The Morgan fingerprint density at radius 1 is 1.00 bits per heavy atom. The van der Waals surface area contributed by atoms with E-state index in [1.807, 2.05) is 0 Å². The summed E-state index contributed by atoms with van der Waals surface area (Å²) in [6.07, 6.45) is 0. The van der Waals surface area contributed by atoms with Gasteiger partial charge in [0, 0.05) is 0 Å². The summed E-state index contributed by atoms with van der Waals surface area (Å²) in [4.78, 5) is 0. The maximum absolute atomic E-state index is 3.84. The van der Waals surface area contributed by atoms with Crippen LogP contribution in [0.4, 0.5) is 0 Å². The molecule has 0 radical (unpaired) electrons. The van der Waals surface area contributed by atoms with Crippen LogP contribution in [0.25, 0.3) is 0 Å². The Morgan fingerprint density at radius 3 is 1.20 bits per heavy atom.